The molecule has 1 fully saturated rings. The molecule has 1 aliphatic heterocycles. The summed E-state index contributed by atoms with van der Waals surface area (Å²) in [5.41, 5.74) is 18.1. The lowest BCUT2D eigenvalue weighted by Crippen LogP contribution is -2.60. The lowest BCUT2D eigenvalue weighted by Gasteiger charge is -2.30. The molecule has 61 heavy (non-hydrogen) atoms. The van der Waals surface area contributed by atoms with Gasteiger partial charge in [0, 0.05) is 31.4 Å². The number of H-pyrrole nitrogens is 1. The van der Waals surface area contributed by atoms with Gasteiger partial charge in [-0.3, -0.25) is 38.6 Å². The van der Waals surface area contributed by atoms with Crippen molar-refractivity contribution >= 4 is 53.3 Å². The zero-order valence-electron chi connectivity index (χ0n) is 34.5. The van der Waals surface area contributed by atoms with Crippen LogP contribution in [0.3, 0.4) is 0 Å². The number of carbonyl (C=O) groups is 8. The van der Waals surface area contributed by atoms with Crippen molar-refractivity contribution in [2.45, 2.75) is 114 Å². The first kappa shape index (κ1) is 48.8. The molecule has 1 aromatic heterocycles. The zero-order chi connectivity index (χ0) is 45.2. The number of carboxylic acid groups (broad SMARTS) is 2. The fraction of sp³-hybridized carbons (Fsp3) is 0.538. The van der Waals surface area contributed by atoms with Gasteiger partial charge in [0.15, 0.2) is 5.96 Å². The van der Waals surface area contributed by atoms with Crippen molar-refractivity contribution in [3.05, 3.63) is 54.1 Å². The van der Waals surface area contributed by atoms with Crippen LogP contribution in [0.25, 0.3) is 0 Å². The maximum atomic E-state index is 14.1. The Morgan fingerprint density at radius 2 is 1.51 bits per heavy atom. The Kier molecular flexibility index (Phi) is 19.1. The Labute approximate surface area is 352 Å². The molecule has 3 rings (SSSR count). The molecule has 0 bridgehead atoms. The van der Waals surface area contributed by atoms with Gasteiger partial charge in [0.1, 0.15) is 36.3 Å². The molecule has 1 aromatic carbocycles. The fourth-order valence-corrected chi connectivity index (χ4v) is 6.62. The van der Waals surface area contributed by atoms with Crippen molar-refractivity contribution < 1.29 is 48.6 Å². The van der Waals surface area contributed by atoms with Gasteiger partial charge in [-0.2, -0.15) is 0 Å². The van der Waals surface area contributed by atoms with Crippen LogP contribution in [0.2, 0.25) is 0 Å². The number of hydrogen-bond donors (Lipinski definition) is 11. The zero-order valence-corrected chi connectivity index (χ0v) is 34.5. The fourth-order valence-electron chi connectivity index (χ4n) is 6.62. The lowest BCUT2D eigenvalue weighted by atomic mass is 10.0. The molecule has 1 aliphatic rings. The van der Waals surface area contributed by atoms with Crippen molar-refractivity contribution in [2.24, 2.45) is 28.1 Å². The molecular formula is C39H58N12O10. The van der Waals surface area contributed by atoms with Crippen LogP contribution in [0.1, 0.15) is 70.6 Å². The second-order valence-corrected chi connectivity index (χ2v) is 15.3. The molecule has 22 heteroatoms. The minimum absolute atomic E-state index is 0.0359. The van der Waals surface area contributed by atoms with Gasteiger partial charge in [-0.1, -0.05) is 44.2 Å². The van der Waals surface area contributed by atoms with Gasteiger partial charge in [-0.25, -0.2) is 9.78 Å². The number of aromatic amines is 1. The van der Waals surface area contributed by atoms with Gasteiger partial charge >= 0.3 is 11.9 Å². The van der Waals surface area contributed by atoms with E-state index in [0.717, 1.165) is 5.56 Å². The molecule has 1 saturated heterocycles. The quantitative estimate of drug-likeness (QED) is 0.0299. The highest BCUT2D eigenvalue weighted by Gasteiger charge is 2.40. The summed E-state index contributed by atoms with van der Waals surface area (Å²) in [6, 6.07) is -0.0181. The summed E-state index contributed by atoms with van der Waals surface area (Å²) >= 11 is 0. The van der Waals surface area contributed by atoms with E-state index in [-0.39, 0.29) is 63.5 Å². The number of rotatable bonds is 24. The predicted octanol–water partition coefficient (Wildman–Crippen LogP) is -2.38. The van der Waals surface area contributed by atoms with Crippen molar-refractivity contribution in [3.63, 3.8) is 0 Å². The average molecular weight is 855 g/mol. The van der Waals surface area contributed by atoms with Crippen LogP contribution in [0.15, 0.2) is 47.8 Å². The molecule has 22 nitrogen and oxygen atoms in total. The average Bonchev–Trinajstić information content (AvgIpc) is 3.91. The van der Waals surface area contributed by atoms with Crippen molar-refractivity contribution in [3.8, 4) is 0 Å². The molecule has 6 amide bonds. The highest BCUT2D eigenvalue weighted by molar-refractivity contribution is 5.98. The van der Waals surface area contributed by atoms with E-state index in [1.807, 2.05) is 6.07 Å². The number of amides is 6. The Balaban J connectivity index is 1.75. The first-order valence-electron chi connectivity index (χ1n) is 19.9. The molecule has 0 aliphatic carbocycles. The molecule has 7 atom stereocenters. The number of imidazole rings is 1. The molecule has 2 heterocycles. The molecule has 0 unspecified atom stereocenters. The summed E-state index contributed by atoms with van der Waals surface area (Å²) in [5, 5.41) is 31.8. The topological polar surface area (TPSA) is 360 Å². The third-order valence-corrected chi connectivity index (χ3v) is 9.73. The van der Waals surface area contributed by atoms with Crippen molar-refractivity contribution in [2.75, 3.05) is 13.1 Å². The summed E-state index contributed by atoms with van der Waals surface area (Å²) in [7, 11) is 0. The van der Waals surface area contributed by atoms with E-state index in [1.165, 1.54) is 24.3 Å². The van der Waals surface area contributed by atoms with Crippen LogP contribution in [0.4, 0.5) is 0 Å². The van der Waals surface area contributed by atoms with Crippen LogP contribution in [-0.4, -0.2) is 134 Å². The van der Waals surface area contributed by atoms with Crippen LogP contribution < -0.4 is 43.8 Å². The van der Waals surface area contributed by atoms with E-state index in [0.29, 0.717) is 12.1 Å². The Hall–Kier alpha value is -6.58. The van der Waals surface area contributed by atoms with E-state index in [9.17, 15) is 48.6 Å². The van der Waals surface area contributed by atoms with E-state index >= 15 is 0 Å². The number of carbonyl (C=O) groups excluding carboxylic acids is 6. The summed E-state index contributed by atoms with van der Waals surface area (Å²) < 4.78 is 0. The molecule has 0 spiro atoms. The highest BCUT2D eigenvalue weighted by atomic mass is 16.4. The number of nitrogens with one attached hydrogen (secondary N) is 6. The second kappa shape index (κ2) is 23.9. The maximum absolute atomic E-state index is 14.1. The molecule has 0 radical (unpaired) electrons. The van der Waals surface area contributed by atoms with Crippen LogP contribution in [0, 0.1) is 5.92 Å². The van der Waals surface area contributed by atoms with Gasteiger partial charge in [0.25, 0.3) is 0 Å². The minimum Gasteiger partial charge on any atom is -0.481 e. The third kappa shape index (κ3) is 16.2. The van der Waals surface area contributed by atoms with Crippen LogP contribution in [0.5, 0.6) is 0 Å². The lowest BCUT2D eigenvalue weighted by molar-refractivity contribution is -0.145. The Bertz CT molecular complexity index is 1860. The summed E-state index contributed by atoms with van der Waals surface area (Å²) in [6.45, 7) is 5.11. The highest BCUT2D eigenvalue weighted by Crippen LogP contribution is 2.21. The number of likely N-dealkylation sites (tertiary alicyclic amines) is 1. The number of aromatic nitrogens is 2. The standard InChI is InChI=1S/C39H58N12O10/c1-21(2)15-29(38(60)61)50-36(58)30-12-8-14-51(30)37(59)28(17-24-19-43-20-45-24)49-35(57)27(18-31(52)53)48-32(54)22(3)46-34(56)26(11-7-13-44-39(41)42)47-33(55)25(40)16-23-9-5-4-6-10-23/h4-6,9-10,19-22,25-30H,7-8,11-18,40H2,1-3H3,(H,43,45)(H,46,56)(H,47,55)(H,48,54)(H,49,57)(H,50,58)(H,52,53)(H,60,61)(H4,41,42,44)/t22-,25-,26-,27-,28-,29-,30-/m0/s1. The summed E-state index contributed by atoms with van der Waals surface area (Å²) in [5.74, 6) is -7.79. The van der Waals surface area contributed by atoms with Crippen molar-refractivity contribution in [1.29, 1.82) is 0 Å². The van der Waals surface area contributed by atoms with E-state index < -0.39 is 96.1 Å². The smallest absolute Gasteiger partial charge is 0.326 e. The normalized spacial score (nSPS) is 16.5. The van der Waals surface area contributed by atoms with Gasteiger partial charge in [0.2, 0.25) is 35.4 Å². The number of aliphatic carboxylic acids is 2. The summed E-state index contributed by atoms with van der Waals surface area (Å²) in [6.07, 6.45) is 2.88. The Morgan fingerprint density at radius 1 is 0.852 bits per heavy atom. The first-order valence-corrected chi connectivity index (χ1v) is 19.9. The van der Waals surface area contributed by atoms with Crippen molar-refractivity contribution in [1.82, 2.24) is 41.5 Å². The predicted molar refractivity (Wildman–Crippen MR) is 220 cm³/mol. The van der Waals surface area contributed by atoms with Gasteiger partial charge in [-0.15, -0.1) is 0 Å². The second-order valence-electron chi connectivity index (χ2n) is 15.3. The molecule has 334 valence electrons. The molecule has 2 aromatic rings. The molecule has 14 N–H and O–H groups in total. The van der Waals surface area contributed by atoms with Gasteiger partial charge in [-0.05, 0) is 56.9 Å². The number of guanidine groups is 1. The number of nitrogens with zero attached hydrogens (tertiary/aromatic N) is 3. The maximum Gasteiger partial charge on any atom is 0.326 e. The Morgan fingerprint density at radius 3 is 2.11 bits per heavy atom. The van der Waals surface area contributed by atoms with E-state index in [1.54, 1.807) is 38.1 Å². The van der Waals surface area contributed by atoms with Crippen LogP contribution in [-0.2, 0) is 51.2 Å². The number of carboxylic acids is 2. The van der Waals surface area contributed by atoms with Crippen LogP contribution >= 0.6 is 0 Å². The summed E-state index contributed by atoms with van der Waals surface area (Å²) in [4.78, 5) is 117. The molecular weight excluding hydrogens is 797 g/mol. The first-order chi connectivity index (χ1) is 28.9. The van der Waals surface area contributed by atoms with Gasteiger partial charge in [0.05, 0.1) is 18.8 Å². The number of nitrogens with two attached hydrogens (primary N) is 3. The van der Waals surface area contributed by atoms with Gasteiger partial charge < -0.3 is 63.9 Å². The number of hydrogen-bond acceptors (Lipinski definition) is 11. The number of aliphatic imine (C=N–C) groups is 1. The van der Waals surface area contributed by atoms with E-state index in [2.05, 4.69) is 41.5 Å². The SMILES string of the molecule is CC(C)C[C@H](NC(=O)[C@@H]1CCCN1C(=O)[C@H](Cc1cnc[nH]1)NC(=O)[C@H](CC(=O)O)NC(=O)[C@H](C)NC(=O)[C@H](CCCN=C(N)N)NC(=O)[C@@H](N)Cc1ccccc1)C(=O)O. The molecule has 0 saturated carbocycles. The minimum atomic E-state index is -1.75. The number of benzene rings is 1. The monoisotopic (exact) mass is 854 g/mol. The van der Waals surface area contributed by atoms with E-state index in [4.69, 9.17) is 17.2 Å². The third-order valence-electron chi connectivity index (χ3n) is 9.73. The largest absolute Gasteiger partial charge is 0.481 e.